The molecule has 0 aliphatic rings. The van der Waals surface area contributed by atoms with Gasteiger partial charge in [0.1, 0.15) is 17.2 Å². The van der Waals surface area contributed by atoms with Gasteiger partial charge in [-0.3, -0.25) is 0 Å². The molecular formula is C27H32O2S. The molecule has 0 bridgehead atoms. The maximum absolute atomic E-state index is 6.32. The summed E-state index contributed by atoms with van der Waals surface area (Å²) >= 11 is 1.71. The average molecular weight is 421 g/mol. The van der Waals surface area contributed by atoms with Crippen LogP contribution < -0.4 is 9.47 Å². The zero-order valence-electron chi connectivity index (χ0n) is 19.1. The van der Waals surface area contributed by atoms with E-state index in [1.54, 1.807) is 18.9 Å². The Hall–Kier alpha value is -2.39. The number of methoxy groups -OCH3 is 1. The van der Waals surface area contributed by atoms with Crippen molar-refractivity contribution in [2.24, 2.45) is 0 Å². The predicted octanol–water partition coefficient (Wildman–Crippen LogP) is 8.23. The van der Waals surface area contributed by atoms with Gasteiger partial charge in [-0.15, -0.1) is 0 Å². The lowest BCUT2D eigenvalue weighted by atomic mass is 9.87. The molecule has 0 atom stereocenters. The maximum Gasteiger partial charge on any atom is 0.141 e. The zero-order valence-corrected chi connectivity index (χ0v) is 19.9. The van der Waals surface area contributed by atoms with Gasteiger partial charge in [-0.05, 0) is 70.5 Å². The Morgan fingerprint density at radius 3 is 1.70 bits per heavy atom. The second-order valence-electron chi connectivity index (χ2n) is 9.57. The molecule has 0 radical (unpaired) electrons. The molecule has 2 nitrogen and oxygen atoms in total. The van der Waals surface area contributed by atoms with Crippen LogP contribution in [0.4, 0.5) is 0 Å². The number of hydrogen-bond donors (Lipinski definition) is 0. The highest BCUT2D eigenvalue weighted by Gasteiger charge is 2.18. The van der Waals surface area contributed by atoms with Crippen molar-refractivity contribution in [3.63, 3.8) is 0 Å². The Bertz CT molecular complexity index is 975. The lowest BCUT2D eigenvalue weighted by Crippen LogP contribution is -2.11. The van der Waals surface area contributed by atoms with E-state index in [2.05, 4.69) is 96.1 Å². The number of hydrogen-bond acceptors (Lipinski definition) is 3. The van der Waals surface area contributed by atoms with E-state index in [0.717, 1.165) is 27.0 Å². The Morgan fingerprint density at radius 2 is 1.17 bits per heavy atom. The van der Waals surface area contributed by atoms with E-state index in [0.29, 0.717) is 0 Å². The minimum absolute atomic E-state index is 0.0715. The highest BCUT2D eigenvalue weighted by Crippen LogP contribution is 2.40. The van der Waals surface area contributed by atoms with Crippen LogP contribution in [0.3, 0.4) is 0 Å². The molecule has 0 N–H and O–H groups in total. The van der Waals surface area contributed by atoms with Crippen LogP contribution in [0.2, 0.25) is 0 Å². The zero-order chi connectivity index (χ0) is 21.9. The predicted molar refractivity (Wildman–Crippen MR) is 127 cm³/mol. The molecule has 0 heterocycles. The van der Waals surface area contributed by atoms with Crippen LogP contribution in [0.15, 0.2) is 76.5 Å². The van der Waals surface area contributed by atoms with E-state index in [-0.39, 0.29) is 10.8 Å². The fourth-order valence-corrected chi connectivity index (χ4v) is 3.98. The molecule has 0 unspecified atom stereocenters. The molecule has 0 amide bonds. The smallest absolute Gasteiger partial charge is 0.141 e. The number of benzene rings is 3. The highest BCUT2D eigenvalue weighted by molar-refractivity contribution is 7.99. The van der Waals surface area contributed by atoms with Crippen LogP contribution in [0.25, 0.3) is 0 Å². The van der Waals surface area contributed by atoms with E-state index >= 15 is 0 Å². The first-order valence-corrected chi connectivity index (χ1v) is 11.1. The number of rotatable bonds is 5. The SMILES string of the molecule is COc1ccc(Sc2cc(C(C)(C)C)ccc2Oc2ccc(C(C)(C)C)cc2)cc1. The summed E-state index contributed by atoms with van der Waals surface area (Å²) in [6.45, 7) is 13.4. The monoisotopic (exact) mass is 420 g/mol. The van der Waals surface area contributed by atoms with Crippen molar-refractivity contribution >= 4 is 11.8 Å². The Morgan fingerprint density at radius 1 is 0.633 bits per heavy atom. The molecule has 0 aromatic heterocycles. The van der Waals surface area contributed by atoms with Gasteiger partial charge in [0.05, 0.1) is 12.0 Å². The quantitative estimate of drug-likeness (QED) is 0.414. The van der Waals surface area contributed by atoms with Crippen molar-refractivity contribution in [3.8, 4) is 17.2 Å². The lowest BCUT2D eigenvalue weighted by molar-refractivity contribution is 0.414. The van der Waals surface area contributed by atoms with E-state index in [4.69, 9.17) is 9.47 Å². The van der Waals surface area contributed by atoms with E-state index in [1.807, 2.05) is 12.1 Å². The van der Waals surface area contributed by atoms with Crippen molar-refractivity contribution in [3.05, 3.63) is 77.9 Å². The third-order valence-electron chi connectivity index (χ3n) is 5.05. The van der Waals surface area contributed by atoms with Crippen molar-refractivity contribution in [1.82, 2.24) is 0 Å². The van der Waals surface area contributed by atoms with Gasteiger partial charge in [0.25, 0.3) is 0 Å². The highest BCUT2D eigenvalue weighted by atomic mass is 32.2. The molecule has 0 aliphatic heterocycles. The fourth-order valence-electron chi connectivity index (χ4n) is 3.06. The largest absolute Gasteiger partial charge is 0.497 e. The maximum atomic E-state index is 6.32. The van der Waals surface area contributed by atoms with Gasteiger partial charge < -0.3 is 9.47 Å². The van der Waals surface area contributed by atoms with E-state index < -0.39 is 0 Å². The van der Waals surface area contributed by atoms with Crippen LogP contribution in [0.1, 0.15) is 52.7 Å². The minimum Gasteiger partial charge on any atom is -0.497 e. The molecule has 3 aromatic rings. The normalized spacial score (nSPS) is 12.0. The van der Waals surface area contributed by atoms with Crippen LogP contribution in [0.5, 0.6) is 17.2 Å². The molecule has 3 rings (SSSR count). The summed E-state index contributed by atoms with van der Waals surface area (Å²) < 4.78 is 11.6. The summed E-state index contributed by atoms with van der Waals surface area (Å²) in [5.74, 6) is 2.58. The standard InChI is InChI=1S/C27H32O2S/c1-26(2,3)19-8-11-22(12-9-19)29-24-17-10-20(27(4,5)6)18-25(24)30-23-15-13-21(28-7)14-16-23/h8-18H,1-7H3. The molecule has 0 saturated carbocycles. The Balaban J connectivity index is 1.92. The van der Waals surface area contributed by atoms with Crippen LogP contribution in [-0.4, -0.2) is 7.11 Å². The van der Waals surface area contributed by atoms with Crippen molar-refractivity contribution in [2.45, 2.75) is 62.2 Å². The van der Waals surface area contributed by atoms with Crippen molar-refractivity contribution in [1.29, 1.82) is 0 Å². The molecule has 3 aromatic carbocycles. The minimum atomic E-state index is 0.0715. The molecule has 0 spiro atoms. The summed E-state index contributed by atoms with van der Waals surface area (Å²) in [7, 11) is 1.69. The average Bonchev–Trinajstić information content (AvgIpc) is 2.69. The van der Waals surface area contributed by atoms with Gasteiger partial charge in [-0.25, -0.2) is 0 Å². The van der Waals surface area contributed by atoms with Crippen LogP contribution >= 0.6 is 11.8 Å². The third kappa shape index (κ3) is 5.60. The fraction of sp³-hybridized carbons (Fsp3) is 0.333. The van der Waals surface area contributed by atoms with Gasteiger partial charge in [-0.1, -0.05) is 71.5 Å². The summed E-state index contributed by atoms with van der Waals surface area (Å²) in [5.41, 5.74) is 2.78. The van der Waals surface area contributed by atoms with E-state index in [1.165, 1.54) is 11.1 Å². The van der Waals surface area contributed by atoms with Crippen molar-refractivity contribution in [2.75, 3.05) is 7.11 Å². The first kappa shape index (κ1) is 22.3. The summed E-state index contributed by atoms with van der Waals surface area (Å²) in [6.07, 6.45) is 0. The van der Waals surface area contributed by atoms with Gasteiger partial charge in [-0.2, -0.15) is 0 Å². The Kier molecular flexibility index (Phi) is 6.52. The molecule has 3 heteroatoms. The van der Waals surface area contributed by atoms with Gasteiger partial charge >= 0.3 is 0 Å². The topological polar surface area (TPSA) is 18.5 Å². The number of ether oxygens (including phenoxy) is 2. The van der Waals surface area contributed by atoms with Gasteiger partial charge in [0, 0.05) is 4.90 Å². The summed E-state index contributed by atoms with van der Waals surface area (Å²) in [6, 6.07) is 23.0. The third-order valence-corrected chi connectivity index (χ3v) is 6.09. The second kappa shape index (κ2) is 8.77. The van der Waals surface area contributed by atoms with Crippen LogP contribution in [-0.2, 0) is 10.8 Å². The lowest BCUT2D eigenvalue weighted by Gasteiger charge is -2.22. The van der Waals surface area contributed by atoms with Gasteiger partial charge in [0.2, 0.25) is 0 Å². The summed E-state index contributed by atoms with van der Waals surface area (Å²) in [4.78, 5) is 2.25. The molecule has 158 valence electrons. The first-order valence-electron chi connectivity index (χ1n) is 10.3. The first-order chi connectivity index (χ1) is 14.1. The molecule has 0 saturated heterocycles. The Labute approximate surface area is 185 Å². The second-order valence-corrected chi connectivity index (χ2v) is 10.7. The molecular weight excluding hydrogens is 388 g/mol. The summed E-state index contributed by atoms with van der Waals surface area (Å²) in [5, 5.41) is 0. The molecule has 0 aliphatic carbocycles. The van der Waals surface area contributed by atoms with Crippen LogP contribution in [0, 0.1) is 0 Å². The molecule has 0 fully saturated rings. The molecule has 30 heavy (non-hydrogen) atoms. The van der Waals surface area contributed by atoms with E-state index in [9.17, 15) is 0 Å². The van der Waals surface area contributed by atoms with Gasteiger partial charge in [0.15, 0.2) is 0 Å². The van der Waals surface area contributed by atoms with Crippen molar-refractivity contribution < 1.29 is 9.47 Å².